The fourth-order valence-electron chi connectivity index (χ4n) is 2.55. The SMILES string of the molecule is O=C(O)NCCc1nc2c(F)ccc(F)c2c(=O)n1-c1ccccc1. The van der Waals surface area contributed by atoms with Crippen LogP contribution in [0.1, 0.15) is 5.82 Å². The van der Waals surface area contributed by atoms with Crippen molar-refractivity contribution in [1.29, 1.82) is 0 Å². The first-order valence-electron chi connectivity index (χ1n) is 7.41. The van der Waals surface area contributed by atoms with Crippen LogP contribution < -0.4 is 10.9 Å². The van der Waals surface area contributed by atoms with Crippen molar-refractivity contribution in [1.82, 2.24) is 14.9 Å². The van der Waals surface area contributed by atoms with Crippen molar-refractivity contribution >= 4 is 17.0 Å². The Morgan fingerprint density at radius 3 is 2.48 bits per heavy atom. The van der Waals surface area contributed by atoms with Gasteiger partial charge < -0.3 is 10.4 Å². The molecule has 0 bridgehead atoms. The number of hydrogen-bond donors (Lipinski definition) is 2. The monoisotopic (exact) mass is 345 g/mol. The van der Waals surface area contributed by atoms with Crippen LogP contribution in [0.15, 0.2) is 47.3 Å². The van der Waals surface area contributed by atoms with E-state index in [1.54, 1.807) is 30.3 Å². The second kappa shape index (κ2) is 6.68. The minimum absolute atomic E-state index is 0.0301. The lowest BCUT2D eigenvalue weighted by Crippen LogP contribution is -2.29. The van der Waals surface area contributed by atoms with E-state index in [-0.39, 0.29) is 24.3 Å². The third-order valence-corrected chi connectivity index (χ3v) is 3.63. The van der Waals surface area contributed by atoms with Crippen LogP contribution in [0.25, 0.3) is 16.6 Å². The molecule has 0 aliphatic rings. The summed E-state index contributed by atoms with van der Waals surface area (Å²) in [4.78, 5) is 27.5. The van der Waals surface area contributed by atoms with Gasteiger partial charge in [-0.25, -0.2) is 18.6 Å². The maximum atomic E-state index is 14.1. The number of amides is 1. The van der Waals surface area contributed by atoms with Crippen molar-refractivity contribution in [3.63, 3.8) is 0 Å². The molecule has 3 rings (SSSR count). The van der Waals surface area contributed by atoms with Crippen LogP contribution in [-0.4, -0.2) is 27.3 Å². The van der Waals surface area contributed by atoms with Gasteiger partial charge in [-0.3, -0.25) is 9.36 Å². The van der Waals surface area contributed by atoms with Gasteiger partial charge in [-0.05, 0) is 24.3 Å². The number of para-hydroxylation sites is 1. The van der Waals surface area contributed by atoms with Crippen LogP contribution in [0.5, 0.6) is 0 Å². The van der Waals surface area contributed by atoms with Crippen molar-refractivity contribution in [3.05, 3.63) is 70.3 Å². The number of nitrogens with zero attached hydrogens (tertiary/aromatic N) is 2. The van der Waals surface area contributed by atoms with Crippen LogP contribution in [0, 0.1) is 11.6 Å². The third kappa shape index (κ3) is 3.18. The molecule has 0 radical (unpaired) electrons. The largest absolute Gasteiger partial charge is 0.465 e. The molecule has 25 heavy (non-hydrogen) atoms. The van der Waals surface area contributed by atoms with Crippen LogP contribution in [0.4, 0.5) is 13.6 Å². The minimum atomic E-state index is -1.23. The number of nitrogens with one attached hydrogen (secondary N) is 1. The van der Waals surface area contributed by atoms with Gasteiger partial charge in [0.15, 0.2) is 0 Å². The van der Waals surface area contributed by atoms with Crippen molar-refractivity contribution < 1.29 is 18.7 Å². The maximum Gasteiger partial charge on any atom is 0.404 e. The molecule has 2 N–H and O–H groups in total. The number of carboxylic acid groups (broad SMARTS) is 1. The average molecular weight is 345 g/mol. The van der Waals surface area contributed by atoms with Crippen molar-refractivity contribution in [2.24, 2.45) is 0 Å². The lowest BCUT2D eigenvalue weighted by Gasteiger charge is -2.14. The Balaban J connectivity index is 2.26. The molecule has 1 heterocycles. The molecule has 0 spiro atoms. The van der Waals surface area contributed by atoms with Crippen molar-refractivity contribution in [2.45, 2.75) is 6.42 Å². The zero-order valence-corrected chi connectivity index (χ0v) is 12.9. The Morgan fingerprint density at radius 1 is 1.12 bits per heavy atom. The van der Waals surface area contributed by atoms with Gasteiger partial charge in [-0.2, -0.15) is 0 Å². The van der Waals surface area contributed by atoms with E-state index in [4.69, 9.17) is 5.11 Å². The zero-order chi connectivity index (χ0) is 18.0. The fourth-order valence-corrected chi connectivity index (χ4v) is 2.55. The van der Waals surface area contributed by atoms with Crippen LogP contribution in [0.2, 0.25) is 0 Å². The number of halogens is 2. The lowest BCUT2D eigenvalue weighted by molar-refractivity contribution is 0.194. The van der Waals surface area contributed by atoms with Gasteiger partial charge in [0.05, 0.1) is 5.69 Å². The van der Waals surface area contributed by atoms with E-state index in [2.05, 4.69) is 10.3 Å². The first-order chi connectivity index (χ1) is 12.0. The zero-order valence-electron chi connectivity index (χ0n) is 12.9. The predicted molar refractivity (Wildman–Crippen MR) is 87.0 cm³/mol. The highest BCUT2D eigenvalue weighted by atomic mass is 19.1. The lowest BCUT2D eigenvalue weighted by atomic mass is 10.2. The average Bonchev–Trinajstić information content (AvgIpc) is 2.58. The molecule has 0 saturated carbocycles. The summed E-state index contributed by atoms with van der Waals surface area (Å²) < 4.78 is 29.3. The molecular weight excluding hydrogens is 332 g/mol. The third-order valence-electron chi connectivity index (χ3n) is 3.63. The number of rotatable bonds is 4. The molecule has 0 atom stereocenters. The van der Waals surface area contributed by atoms with Crippen LogP contribution >= 0.6 is 0 Å². The van der Waals surface area contributed by atoms with E-state index in [9.17, 15) is 18.4 Å². The molecule has 0 unspecified atom stereocenters. The van der Waals surface area contributed by atoms with Crippen molar-refractivity contribution in [3.8, 4) is 5.69 Å². The van der Waals surface area contributed by atoms with Gasteiger partial charge in [0, 0.05) is 13.0 Å². The Kier molecular flexibility index (Phi) is 4.42. The smallest absolute Gasteiger partial charge is 0.404 e. The van der Waals surface area contributed by atoms with Crippen molar-refractivity contribution in [2.75, 3.05) is 6.54 Å². The Labute approximate surface area is 140 Å². The van der Waals surface area contributed by atoms with E-state index in [1.165, 1.54) is 0 Å². The maximum absolute atomic E-state index is 14.1. The predicted octanol–water partition coefficient (Wildman–Crippen LogP) is 2.47. The van der Waals surface area contributed by atoms with E-state index in [0.29, 0.717) is 5.69 Å². The topological polar surface area (TPSA) is 84.2 Å². The van der Waals surface area contributed by atoms with Gasteiger partial charge in [0.25, 0.3) is 5.56 Å². The van der Waals surface area contributed by atoms with Gasteiger partial charge in [-0.1, -0.05) is 18.2 Å². The van der Waals surface area contributed by atoms with Gasteiger partial charge >= 0.3 is 6.09 Å². The molecule has 0 fully saturated rings. The van der Waals surface area contributed by atoms with Gasteiger partial charge in [0.1, 0.15) is 28.4 Å². The quantitative estimate of drug-likeness (QED) is 0.761. The second-order valence-electron chi connectivity index (χ2n) is 5.24. The minimum Gasteiger partial charge on any atom is -0.465 e. The summed E-state index contributed by atoms with van der Waals surface area (Å²) >= 11 is 0. The van der Waals surface area contributed by atoms with Gasteiger partial charge in [0.2, 0.25) is 0 Å². The Bertz CT molecular complexity index is 1000. The summed E-state index contributed by atoms with van der Waals surface area (Å²) in [5.41, 5.74) is -0.697. The highest BCUT2D eigenvalue weighted by Gasteiger charge is 2.18. The summed E-state index contributed by atoms with van der Waals surface area (Å²) in [6.07, 6.45) is -1.20. The first-order valence-corrected chi connectivity index (χ1v) is 7.41. The first kappa shape index (κ1) is 16.6. The molecule has 1 amide bonds. The standard InChI is InChI=1S/C17H13F2N3O3/c18-11-6-7-12(19)15-14(11)16(23)22(10-4-2-1-3-5-10)13(21-15)8-9-20-17(24)25/h1-7,20H,8-9H2,(H,24,25). The van der Waals surface area contributed by atoms with E-state index in [0.717, 1.165) is 16.7 Å². The summed E-state index contributed by atoms with van der Waals surface area (Å²) in [5.74, 6) is -1.56. The highest BCUT2D eigenvalue weighted by Crippen LogP contribution is 2.18. The number of hydrogen-bond acceptors (Lipinski definition) is 3. The molecule has 0 aliphatic carbocycles. The molecule has 1 aromatic heterocycles. The Morgan fingerprint density at radius 2 is 1.80 bits per heavy atom. The molecule has 2 aromatic carbocycles. The van der Waals surface area contributed by atoms with Crippen LogP contribution in [-0.2, 0) is 6.42 Å². The number of fused-ring (bicyclic) bond motifs is 1. The molecule has 6 nitrogen and oxygen atoms in total. The fraction of sp³-hybridized carbons (Fsp3) is 0.118. The molecule has 3 aromatic rings. The van der Waals surface area contributed by atoms with E-state index >= 15 is 0 Å². The molecule has 8 heteroatoms. The second-order valence-corrected chi connectivity index (χ2v) is 5.24. The van der Waals surface area contributed by atoms with E-state index in [1.807, 2.05) is 0 Å². The Hall–Kier alpha value is -3.29. The number of benzene rings is 2. The van der Waals surface area contributed by atoms with E-state index < -0.39 is 28.7 Å². The molecule has 0 aliphatic heterocycles. The van der Waals surface area contributed by atoms with Gasteiger partial charge in [-0.15, -0.1) is 0 Å². The molecule has 0 saturated heterocycles. The van der Waals surface area contributed by atoms with Crippen LogP contribution in [0.3, 0.4) is 0 Å². The molecule has 128 valence electrons. The number of carbonyl (C=O) groups is 1. The normalized spacial score (nSPS) is 10.8. The highest BCUT2D eigenvalue weighted by molar-refractivity contribution is 5.79. The molecular formula is C17H13F2N3O3. The summed E-state index contributed by atoms with van der Waals surface area (Å²) in [6, 6.07) is 10.1. The summed E-state index contributed by atoms with van der Waals surface area (Å²) in [7, 11) is 0. The summed E-state index contributed by atoms with van der Waals surface area (Å²) in [6.45, 7) is -0.0307. The summed E-state index contributed by atoms with van der Waals surface area (Å²) in [5, 5.41) is 10.4. The number of aromatic nitrogens is 2.